The Morgan fingerprint density at radius 2 is 1.94 bits per heavy atom. The second-order valence-corrected chi connectivity index (χ2v) is 8.76. The number of hydrogen-bond donors (Lipinski definition) is 1. The summed E-state index contributed by atoms with van der Waals surface area (Å²) in [5.41, 5.74) is 7.21. The van der Waals surface area contributed by atoms with Crippen LogP contribution >= 0.6 is 34.5 Å². The van der Waals surface area contributed by atoms with Crippen LogP contribution in [0.25, 0.3) is 27.6 Å². The minimum absolute atomic E-state index is 0.0319. The van der Waals surface area contributed by atoms with Crippen molar-refractivity contribution in [1.82, 2.24) is 14.9 Å². The fraction of sp³-hybridized carbons (Fsp3) is 0.318. The van der Waals surface area contributed by atoms with Gasteiger partial charge < -0.3 is 15.4 Å². The maximum Gasteiger partial charge on any atom is 0.221 e. The van der Waals surface area contributed by atoms with E-state index in [9.17, 15) is 4.79 Å². The number of likely N-dealkylation sites (N-methyl/N-ethyl adjacent to an activating group) is 1. The number of hydrogen-bond acceptors (Lipinski definition) is 7. The number of nitrogens with two attached hydrogens (primary N) is 1. The summed E-state index contributed by atoms with van der Waals surface area (Å²) in [5.74, 6) is 0.641. The number of fused-ring (bicyclic) bond motifs is 1. The highest BCUT2D eigenvalue weighted by Crippen LogP contribution is 2.40. The van der Waals surface area contributed by atoms with Gasteiger partial charge in [0.1, 0.15) is 17.2 Å². The molecule has 9 heteroatoms. The Morgan fingerprint density at radius 1 is 1.19 bits per heavy atom. The summed E-state index contributed by atoms with van der Waals surface area (Å²) in [4.78, 5) is 23.9. The van der Waals surface area contributed by atoms with Crippen molar-refractivity contribution in [3.8, 4) is 17.0 Å². The lowest BCUT2D eigenvalue weighted by molar-refractivity contribution is -0.112. The van der Waals surface area contributed by atoms with E-state index in [-0.39, 0.29) is 11.7 Å². The van der Waals surface area contributed by atoms with Gasteiger partial charge in [-0.2, -0.15) is 0 Å². The van der Waals surface area contributed by atoms with Crippen molar-refractivity contribution in [3.05, 3.63) is 39.2 Å². The molecule has 31 heavy (non-hydrogen) atoms. The van der Waals surface area contributed by atoms with Gasteiger partial charge in [0.2, 0.25) is 5.95 Å². The fourth-order valence-electron chi connectivity index (χ4n) is 3.09. The van der Waals surface area contributed by atoms with Gasteiger partial charge in [-0.1, -0.05) is 37.0 Å². The Morgan fingerprint density at radius 3 is 2.61 bits per heavy atom. The van der Waals surface area contributed by atoms with E-state index in [4.69, 9.17) is 33.7 Å². The molecule has 0 atom stereocenters. The van der Waals surface area contributed by atoms with Crippen LogP contribution in [0.4, 0.5) is 5.95 Å². The zero-order valence-electron chi connectivity index (χ0n) is 17.6. The molecule has 2 heterocycles. The minimum atomic E-state index is -0.0319. The number of nitrogen functional groups attached to an aromatic ring is 1. The summed E-state index contributed by atoms with van der Waals surface area (Å²) >= 11 is 14.3. The molecule has 0 fully saturated rings. The molecule has 0 aliphatic rings. The van der Waals surface area contributed by atoms with Crippen molar-refractivity contribution in [2.45, 2.75) is 20.8 Å². The van der Waals surface area contributed by atoms with Gasteiger partial charge in [-0.25, -0.2) is 9.97 Å². The molecule has 0 radical (unpaired) electrons. The smallest absolute Gasteiger partial charge is 0.221 e. The van der Waals surface area contributed by atoms with Crippen molar-refractivity contribution >= 4 is 62.6 Å². The molecule has 0 aliphatic carbocycles. The summed E-state index contributed by atoms with van der Waals surface area (Å²) in [6, 6.07) is 5.36. The molecule has 2 N–H and O–H groups in total. The molecule has 6 nitrogen and oxygen atoms in total. The van der Waals surface area contributed by atoms with E-state index in [2.05, 4.69) is 28.7 Å². The maximum atomic E-state index is 11.3. The molecule has 0 amide bonds. The lowest BCUT2D eigenvalue weighted by Gasteiger charge is -2.19. The first kappa shape index (κ1) is 23.5. The van der Waals surface area contributed by atoms with Gasteiger partial charge in [0.05, 0.1) is 15.7 Å². The molecule has 2 aromatic heterocycles. The maximum absolute atomic E-state index is 11.3. The number of thiophene rings is 1. The van der Waals surface area contributed by atoms with Crippen molar-refractivity contribution < 1.29 is 9.53 Å². The van der Waals surface area contributed by atoms with E-state index in [1.807, 2.05) is 6.07 Å². The molecular formula is C22H24Cl2N4O2S. The molecular weight excluding hydrogens is 455 g/mol. The molecule has 3 aromatic rings. The summed E-state index contributed by atoms with van der Waals surface area (Å²) in [5, 5.41) is 1.66. The second kappa shape index (κ2) is 10.4. The molecule has 0 bridgehead atoms. The van der Waals surface area contributed by atoms with E-state index < -0.39 is 0 Å². The van der Waals surface area contributed by atoms with Crippen LogP contribution < -0.4 is 10.5 Å². The number of aromatic nitrogens is 2. The van der Waals surface area contributed by atoms with Gasteiger partial charge in [-0.3, -0.25) is 4.79 Å². The third-order valence-corrected chi connectivity index (χ3v) is 6.35. The molecule has 164 valence electrons. The predicted octanol–water partition coefficient (Wildman–Crippen LogP) is 5.57. The SMILES string of the molecule is CCN(CC)CCOc1cc(-c2nc(N)nc3sc(C=CC(C)=O)cc23)c(Cl)cc1Cl. The Balaban J connectivity index is 2.00. The molecule has 0 unspecified atom stereocenters. The average Bonchev–Trinajstić information content (AvgIpc) is 3.13. The van der Waals surface area contributed by atoms with Crippen molar-refractivity contribution in [2.24, 2.45) is 0 Å². The number of halogens is 2. The highest BCUT2D eigenvalue weighted by Gasteiger charge is 2.17. The van der Waals surface area contributed by atoms with Gasteiger partial charge >= 0.3 is 0 Å². The monoisotopic (exact) mass is 478 g/mol. The molecule has 0 saturated heterocycles. The summed E-state index contributed by atoms with van der Waals surface area (Å²) in [6.45, 7) is 8.93. The Bertz CT molecular complexity index is 1130. The van der Waals surface area contributed by atoms with Crippen LogP contribution in [0.3, 0.4) is 0 Å². The number of carbonyl (C=O) groups is 1. The highest BCUT2D eigenvalue weighted by molar-refractivity contribution is 7.19. The Kier molecular flexibility index (Phi) is 7.89. The van der Waals surface area contributed by atoms with Gasteiger partial charge in [0.15, 0.2) is 5.78 Å². The van der Waals surface area contributed by atoms with E-state index in [1.165, 1.54) is 24.3 Å². The molecule has 0 aliphatic heterocycles. The van der Waals surface area contributed by atoms with E-state index >= 15 is 0 Å². The number of ether oxygens (including phenoxy) is 1. The summed E-state index contributed by atoms with van der Waals surface area (Å²) in [6.07, 6.45) is 3.26. The van der Waals surface area contributed by atoms with Gasteiger partial charge in [0, 0.05) is 22.4 Å². The van der Waals surface area contributed by atoms with E-state index in [0.717, 1.165) is 29.9 Å². The van der Waals surface area contributed by atoms with E-state index in [0.29, 0.717) is 38.5 Å². The number of anilines is 1. The normalized spacial score (nSPS) is 11.7. The number of carbonyl (C=O) groups excluding carboxylic acids is 1. The number of nitrogens with zero attached hydrogens (tertiary/aromatic N) is 3. The Hall–Kier alpha value is -2.19. The van der Waals surface area contributed by atoms with Crippen LogP contribution in [0.1, 0.15) is 25.6 Å². The van der Waals surface area contributed by atoms with Gasteiger partial charge in [-0.05, 0) is 50.4 Å². The lowest BCUT2D eigenvalue weighted by Crippen LogP contribution is -2.27. The van der Waals surface area contributed by atoms with Crippen molar-refractivity contribution in [1.29, 1.82) is 0 Å². The van der Waals surface area contributed by atoms with Crippen molar-refractivity contribution in [3.63, 3.8) is 0 Å². The van der Waals surface area contributed by atoms with Crippen LogP contribution in [-0.2, 0) is 4.79 Å². The van der Waals surface area contributed by atoms with Crippen molar-refractivity contribution in [2.75, 3.05) is 32.0 Å². The second-order valence-electron chi connectivity index (χ2n) is 6.88. The number of rotatable bonds is 9. The quantitative estimate of drug-likeness (QED) is 0.404. The zero-order chi connectivity index (χ0) is 22.5. The first-order valence-electron chi connectivity index (χ1n) is 9.92. The van der Waals surface area contributed by atoms with Crippen LogP contribution in [0, 0.1) is 0 Å². The molecule has 1 aromatic carbocycles. The van der Waals surface area contributed by atoms with Crippen LogP contribution in [0.2, 0.25) is 10.0 Å². The van der Waals surface area contributed by atoms with Crippen LogP contribution in [-0.4, -0.2) is 46.9 Å². The van der Waals surface area contributed by atoms with E-state index in [1.54, 1.807) is 18.2 Å². The first-order valence-corrected chi connectivity index (χ1v) is 11.5. The standard InChI is InChI=1S/C22H24Cl2N4O2S/c1-4-28(5-2)8-9-30-19-11-15(17(23)12-18(19)24)20-16-10-14(7-6-13(3)29)31-21(16)27-22(25)26-20/h6-7,10-12H,4-5,8-9H2,1-3H3,(H2,25,26,27). The van der Waals surface area contributed by atoms with Gasteiger partial charge in [0.25, 0.3) is 0 Å². The van der Waals surface area contributed by atoms with Gasteiger partial charge in [-0.15, -0.1) is 11.3 Å². The molecule has 3 rings (SSSR count). The number of ketones is 1. The zero-order valence-corrected chi connectivity index (χ0v) is 19.9. The van der Waals surface area contributed by atoms with Crippen LogP contribution in [0.5, 0.6) is 5.75 Å². The fourth-order valence-corrected chi connectivity index (χ4v) is 4.56. The highest BCUT2D eigenvalue weighted by atomic mass is 35.5. The minimum Gasteiger partial charge on any atom is -0.491 e. The number of allylic oxidation sites excluding steroid dienone is 1. The summed E-state index contributed by atoms with van der Waals surface area (Å²) in [7, 11) is 0. The first-order chi connectivity index (χ1) is 14.8. The number of benzene rings is 1. The lowest BCUT2D eigenvalue weighted by atomic mass is 10.1. The summed E-state index contributed by atoms with van der Waals surface area (Å²) < 4.78 is 5.95. The average molecular weight is 479 g/mol. The predicted molar refractivity (Wildman–Crippen MR) is 130 cm³/mol. The molecule has 0 spiro atoms. The largest absolute Gasteiger partial charge is 0.491 e. The van der Waals surface area contributed by atoms with Crippen LogP contribution in [0.15, 0.2) is 24.3 Å². The Labute approximate surface area is 195 Å². The molecule has 0 saturated carbocycles. The topological polar surface area (TPSA) is 81.3 Å². The third kappa shape index (κ3) is 5.74. The third-order valence-electron chi connectivity index (χ3n) is 4.75.